The second-order valence-electron chi connectivity index (χ2n) is 5.09. The van der Waals surface area contributed by atoms with Gasteiger partial charge in [0.2, 0.25) is 0 Å². The molecule has 0 unspecified atom stereocenters. The molecule has 0 bridgehead atoms. The molecule has 0 aromatic heterocycles. The third kappa shape index (κ3) is 6.19. The zero-order valence-electron chi connectivity index (χ0n) is 14.7. The highest BCUT2D eigenvalue weighted by atomic mass is 35.5. The van der Waals surface area contributed by atoms with E-state index in [4.69, 9.17) is 21.1 Å². The fourth-order valence-electron chi connectivity index (χ4n) is 1.98. The van der Waals surface area contributed by atoms with Crippen molar-refractivity contribution in [3.05, 3.63) is 53.1 Å². The van der Waals surface area contributed by atoms with Crippen LogP contribution in [-0.2, 0) is 9.53 Å². The van der Waals surface area contributed by atoms with Crippen molar-refractivity contribution in [3.8, 4) is 11.5 Å². The first-order chi connectivity index (χ1) is 13.0. The van der Waals surface area contributed by atoms with Gasteiger partial charge in [0.05, 0.1) is 31.1 Å². The van der Waals surface area contributed by atoms with Gasteiger partial charge in [-0.25, -0.2) is 10.2 Å². The number of amides is 2. The van der Waals surface area contributed by atoms with Crippen LogP contribution in [0.1, 0.15) is 5.56 Å². The molecule has 0 aliphatic rings. The zero-order valence-corrected chi connectivity index (χ0v) is 15.4. The number of para-hydroxylation sites is 1. The van der Waals surface area contributed by atoms with Gasteiger partial charge in [-0.1, -0.05) is 23.7 Å². The van der Waals surface area contributed by atoms with Gasteiger partial charge in [0.15, 0.2) is 18.1 Å². The van der Waals surface area contributed by atoms with E-state index in [9.17, 15) is 9.59 Å². The number of rotatable bonds is 7. The molecule has 0 saturated heterocycles. The molecule has 0 saturated carbocycles. The third-order valence-corrected chi connectivity index (χ3v) is 3.58. The van der Waals surface area contributed by atoms with E-state index < -0.39 is 6.09 Å². The van der Waals surface area contributed by atoms with Crippen LogP contribution in [0.2, 0.25) is 5.02 Å². The maximum Gasteiger partial charge on any atom is 0.427 e. The van der Waals surface area contributed by atoms with Gasteiger partial charge in [0.1, 0.15) is 0 Å². The molecule has 0 fully saturated rings. The molecule has 0 aliphatic heterocycles. The summed E-state index contributed by atoms with van der Waals surface area (Å²) in [5.41, 5.74) is 3.33. The van der Waals surface area contributed by atoms with E-state index in [1.807, 2.05) is 0 Å². The van der Waals surface area contributed by atoms with Crippen LogP contribution in [0.3, 0.4) is 0 Å². The largest absolute Gasteiger partial charge is 0.493 e. The Morgan fingerprint density at radius 1 is 1.15 bits per heavy atom. The number of ether oxygens (including phenoxy) is 3. The van der Waals surface area contributed by atoms with Crippen molar-refractivity contribution >= 4 is 35.5 Å². The van der Waals surface area contributed by atoms with E-state index in [2.05, 4.69) is 20.6 Å². The Labute approximate surface area is 161 Å². The fourth-order valence-corrected chi connectivity index (χ4v) is 2.16. The number of hydrogen-bond acceptors (Lipinski definition) is 6. The molecule has 0 heterocycles. The lowest BCUT2D eigenvalue weighted by Gasteiger charge is -2.12. The van der Waals surface area contributed by atoms with Gasteiger partial charge >= 0.3 is 6.09 Å². The summed E-state index contributed by atoms with van der Waals surface area (Å²) in [7, 11) is 2.71. The summed E-state index contributed by atoms with van der Waals surface area (Å²) >= 11 is 6.00. The number of nitrogens with zero attached hydrogens (tertiary/aromatic N) is 1. The van der Waals surface area contributed by atoms with Crippen LogP contribution in [0.4, 0.5) is 10.5 Å². The molecule has 2 rings (SSSR count). The van der Waals surface area contributed by atoms with E-state index in [0.717, 1.165) is 0 Å². The van der Waals surface area contributed by atoms with Crippen molar-refractivity contribution in [1.82, 2.24) is 5.43 Å². The van der Waals surface area contributed by atoms with Crippen molar-refractivity contribution in [2.24, 2.45) is 5.10 Å². The third-order valence-electron chi connectivity index (χ3n) is 3.25. The molecule has 0 atom stereocenters. The lowest BCUT2D eigenvalue weighted by atomic mass is 10.2. The van der Waals surface area contributed by atoms with E-state index in [1.54, 1.807) is 42.5 Å². The van der Waals surface area contributed by atoms with Gasteiger partial charge in [-0.05, 0) is 35.9 Å². The van der Waals surface area contributed by atoms with E-state index >= 15 is 0 Å². The average molecular weight is 392 g/mol. The molecule has 27 heavy (non-hydrogen) atoms. The summed E-state index contributed by atoms with van der Waals surface area (Å²) in [6.45, 7) is -0.223. The summed E-state index contributed by atoms with van der Waals surface area (Å²) in [6.07, 6.45) is 0.732. The molecule has 0 aliphatic carbocycles. The van der Waals surface area contributed by atoms with Crippen LogP contribution in [0.25, 0.3) is 0 Å². The fraction of sp³-hybridized carbons (Fsp3) is 0.167. The van der Waals surface area contributed by atoms with Gasteiger partial charge in [-0.3, -0.25) is 4.79 Å². The van der Waals surface area contributed by atoms with Gasteiger partial charge in [-0.2, -0.15) is 5.10 Å². The number of carbonyl (C=O) groups excluding carboxylic acids is 2. The normalized spacial score (nSPS) is 10.3. The van der Waals surface area contributed by atoms with Gasteiger partial charge in [0.25, 0.3) is 5.91 Å². The standard InChI is InChI=1S/C18H18ClN3O5/c1-25-16-9-12(10-20-22-18(24)26-2)7-8-15(16)27-11-17(23)21-14-6-4-3-5-13(14)19/h3-10H,11H2,1-2H3,(H,21,23)(H,22,24)/b20-10+. The molecule has 2 aromatic rings. The van der Waals surface area contributed by atoms with Crippen LogP contribution >= 0.6 is 11.6 Å². The smallest absolute Gasteiger partial charge is 0.427 e. The topological polar surface area (TPSA) is 98.3 Å². The summed E-state index contributed by atoms with van der Waals surface area (Å²) in [6, 6.07) is 11.9. The first-order valence-electron chi connectivity index (χ1n) is 7.75. The minimum atomic E-state index is -0.678. The van der Waals surface area contributed by atoms with Crippen LogP contribution < -0.4 is 20.2 Å². The summed E-state index contributed by atoms with van der Waals surface area (Å²) in [5, 5.41) is 6.83. The Kier molecular flexibility index (Phi) is 7.45. The number of hydrogen-bond donors (Lipinski definition) is 2. The maximum atomic E-state index is 12.0. The first kappa shape index (κ1) is 20.1. The van der Waals surface area contributed by atoms with Crippen LogP contribution in [0.15, 0.2) is 47.6 Å². The van der Waals surface area contributed by atoms with Crippen LogP contribution in [0.5, 0.6) is 11.5 Å². The number of halogens is 1. The molecule has 8 nitrogen and oxygen atoms in total. The van der Waals surface area contributed by atoms with Gasteiger partial charge in [0, 0.05) is 0 Å². The molecule has 2 N–H and O–H groups in total. The first-order valence-corrected chi connectivity index (χ1v) is 8.13. The number of carbonyl (C=O) groups is 2. The quantitative estimate of drug-likeness (QED) is 0.558. The molecule has 2 aromatic carbocycles. The summed E-state index contributed by atoms with van der Waals surface area (Å²) < 4.78 is 15.2. The lowest BCUT2D eigenvalue weighted by Crippen LogP contribution is -2.20. The Bertz CT molecular complexity index is 841. The van der Waals surface area contributed by atoms with Gasteiger partial charge < -0.3 is 19.5 Å². The molecule has 0 spiro atoms. The molecular formula is C18H18ClN3O5. The van der Waals surface area contributed by atoms with Crippen molar-refractivity contribution < 1.29 is 23.8 Å². The second-order valence-corrected chi connectivity index (χ2v) is 5.50. The van der Waals surface area contributed by atoms with Crippen LogP contribution in [0, 0.1) is 0 Å². The number of hydrazone groups is 1. The minimum Gasteiger partial charge on any atom is -0.493 e. The van der Waals surface area contributed by atoms with Crippen molar-refractivity contribution in [2.75, 3.05) is 26.1 Å². The number of methoxy groups -OCH3 is 2. The van der Waals surface area contributed by atoms with E-state index in [0.29, 0.717) is 27.8 Å². The second kappa shape index (κ2) is 10.0. The number of nitrogens with one attached hydrogen (secondary N) is 2. The lowest BCUT2D eigenvalue weighted by molar-refractivity contribution is -0.118. The number of benzene rings is 2. The SMILES string of the molecule is COC(=O)N/N=C/c1ccc(OCC(=O)Nc2ccccc2Cl)c(OC)c1. The molecule has 9 heteroatoms. The van der Waals surface area contributed by atoms with Crippen molar-refractivity contribution in [2.45, 2.75) is 0 Å². The number of anilines is 1. The summed E-state index contributed by atoms with van der Waals surface area (Å²) in [5.74, 6) is 0.422. The Morgan fingerprint density at radius 3 is 2.63 bits per heavy atom. The highest BCUT2D eigenvalue weighted by molar-refractivity contribution is 6.33. The average Bonchev–Trinajstić information content (AvgIpc) is 2.68. The minimum absolute atomic E-state index is 0.223. The van der Waals surface area contributed by atoms with Crippen LogP contribution in [-0.4, -0.2) is 39.0 Å². The Hall–Kier alpha value is -3.26. The molecular weight excluding hydrogens is 374 g/mol. The van der Waals surface area contributed by atoms with E-state index in [-0.39, 0.29) is 12.5 Å². The molecule has 2 amide bonds. The Morgan fingerprint density at radius 2 is 1.93 bits per heavy atom. The zero-order chi connectivity index (χ0) is 19.6. The van der Waals surface area contributed by atoms with Crippen molar-refractivity contribution in [1.29, 1.82) is 0 Å². The maximum absolute atomic E-state index is 12.0. The van der Waals surface area contributed by atoms with Gasteiger partial charge in [-0.15, -0.1) is 0 Å². The highest BCUT2D eigenvalue weighted by Crippen LogP contribution is 2.27. The Balaban J connectivity index is 1.96. The van der Waals surface area contributed by atoms with E-state index in [1.165, 1.54) is 20.4 Å². The summed E-state index contributed by atoms with van der Waals surface area (Å²) in [4.78, 5) is 23.0. The van der Waals surface area contributed by atoms with Crippen molar-refractivity contribution in [3.63, 3.8) is 0 Å². The molecule has 0 radical (unpaired) electrons. The molecule has 142 valence electrons. The monoisotopic (exact) mass is 391 g/mol. The predicted molar refractivity (Wildman–Crippen MR) is 102 cm³/mol. The predicted octanol–water partition coefficient (Wildman–Crippen LogP) is 3.06. The highest BCUT2D eigenvalue weighted by Gasteiger charge is 2.10.